The van der Waals surface area contributed by atoms with Gasteiger partial charge in [0, 0.05) is 22.2 Å². The minimum Gasteiger partial charge on any atom is -0.432 e. The predicted octanol–water partition coefficient (Wildman–Crippen LogP) is 4.61. The minimum absolute atomic E-state index is 0.00382. The van der Waals surface area contributed by atoms with Crippen LogP contribution in [0.15, 0.2) is 54.6 Å². The number of carbonyl (C=O) groups excluding carboxylic acids is 1. The Morgan fingerprint density at radius 1 is 1.06 bits per heavy atom. The number of nitrogens with zero attached hydrogens (tertiary/aromatic N) is 1. The van der Waals surface area contributed by atoms with Gasteiger partial charge in [0.2, 0.25) is 5.91 Å². The quantitative estimate of drug-likeness (QED) is 0.318. The van der Waals surface area contributed by atoms with E-state index in [1.165, 1.54) is 9.13 Å². The van der Waals surface area contributed by atoms with Gasteiger partial charge in [0.25, 0.3) is 0 Å². The fourth-order valence-electron chi connectivity index (χ4n) is 5.08. The van der Waals surface area contributed by atoms with Gasteiger partial charge in [-0.05, 0) is 77.7 Å². The van der Waals surface area contributed by atoms with Gasteiger partial charge in [0.1, 0.15) is 0 Å². The van der Waals surface area contributed by atoms with E-state index in [-0.39, 0.29) is 49.1 Å². The van der Waals surface area contributed by atoms with Crippen molar-refractivity contribution in [2.45, 2.75) is 63.6 Å². The molecule has 0 bridgehead atoms. The maximum Gasteiger partial charge on any atom is 0.225 e. The van der Waals surface area contributed by atoms with E-state index in [9.17, 15) is 14.7 Å². The fourth-order valence-corrected chi connectivity index (χ4v) is 8.05. The molecule has 0 aliphatic carbocycles. The van der Waals surface area contributed by atoms with Crippen LogP contribution in [-0.2, 0) is 22.5 Å². The van der Waals surface area contributed by atoms with Crippen molar-refractivity contribution in [3.05, 3.63) is 69.3 Å². The van der Waals surface area contributed by atoms with E-state index in [0.29, 0.717) is 6.54 Å². The Kier molecular flexibility index (Phi) is 9.52. The van der Waals surface area contributed by atoms with E-state index in [1.807, 2.05) is 43.4 Å². The number of amides is 1. The highest BCUT2D eigenvalue weighted by atomic mass is 127. The van der Waals surface area contributed by atoms with Crippen LogP contribution >= 0.6 is 22.6 Å². The van der Waals surface area contributed by atoms with E-state index in [1.54, 1.807) is 4.90 Å². The second kappa shape index (κ2) is 11.9. The summed E-state index contributed by atoms with van der Waals surface area (Å²) in [5.41, 5.74) is 2.31. The number of halogens is 1. The van der Waals surface area contributed by atoms with E-state index in [4.69, 9.17) is 4.74 Å². The normalized spacial score (nSPS) is 23.0. The van der Waals surface area contributed by atoms with E-state index in [2.05, 4.69) is 53.8 Å². The van der Waals surface area contributed by atoms with Crippen molar-refractivity contribution in [2.75, 3.05) is 13.2 Å². The minimum atomic E-state index is -2.55. The zero-order valence-electron chi connectivity index (χ0n) is 19.8. The summed E-state index contributed by atoms with van der Waals surface area (Å²) in [6.07, 6.45) is 1.75. The Bertz CT molecular complexity index is 887. The standard InChI is InChI=1S/C26H36INO4Si/c1-19-23(14-11-20-9-12-22(27)13-10-20)32-24(26(19)33(2,3)31)17-25(30)28(15-16-29)18-21-7-5-4-6-8-21/h4-10,12-13,19,23-24,26,29,31H,11,14-18H2,1-3H3/t19-,23+,24-,26+/m1/s1. The molecule has 1 saturated heterocycles. The summed E-state index contributed by atoms with van der Waals surface area (Å²) >= 11 is 2.31. The van der Waals surface area contributed by atoms with Gasteiger partial charge < -0.3 is 19.5 Å². The lowest BCUT2D eigenvalue weighted by atomic mass is 9.95. The number of benzene rings is 2. The third kappa shape index (κ3) is 7.36. The highest BCUT2D eigenvalue weighted by Crippen LogP contribution is 2.45. The lowest BCUT2D eigenvalue weighted by molar-refractivity contribution is -0.135. The van der Waals surface area contributed by atoms with Crippen molar-refractivity contribution in [3.63, 3.8) is 0 Å². The number of rotatable bonds is 10. The van der Waals surface area contributed by atoms with Crippen molar-refractivity contribution in [1.29, 1.82) is 0 Å². The molecule has 3 rings (SSSR count). The molecule has 2 N–H and O–H groups in total. The first kappa shape index (κ1) is 26.3. The summed E-state index contributed by atoms with van der Waals surface area (Å²) in [6, 6.07) is 18.4. The molecule has 1 aliphatic heterocycles. The van der Waals surface area contributed by atoms with Crippen molar-refractivity contribution in [2.24, 2.45) is 5.92 Å². The number of aryl methyl sites for hydroxylation is 1. The molecule has 2 aromatic carbocycles. The van der Waals surface area contributed by atoms with Crippen LogP contribution in [0, 0.1) is 9.49 Å². The fraction of sp³-hybridized carbons (Fsp3) is 0.500. The Labute approximate surface area is 212 Å². The maximum absolute atomic E-state index is 13.3. The molecule has 180 valence electrons. The molecule has 7 heteroatoms. The van der Waals surface area contributed by atoms with Gasteiger partial charge in [-0.1, -0.05) is 49.4 Å². The highest BCUT2D eigenvalue weighted by Gasteiger charge is 2.50. The van der Waals surface area contributed by atoms with E-state index < -0.39 is 8.32 Å². The molecule has 5 nitrogen and oxygen atoms in total. The number of hydrogen-bond acceptors (Lipinski definition) is 4. The number of hydrogen-bond donors (Lipinski definition) is 2. The molecule has 1 aliphatic rings. The molecule has 4 atom stereocenters. The summed E-state index contributed by atoms with van der Waals surface area (Å²) in [6.45, 7) is 6.73. The van der Waals surface area contributed by atoms with Gasteiger partial charge in [0.15, 0.2) is 8.32 Å². The molecular weight excluding hydrogens is 545 g/mol. The van der Waals surface area contributed by atoms with Gasteiger partial charge in [0.05, 0.1) is 25.2 Å². The zero-order chi connectivity index (χ0) is 24.0. The van der Waals surface area contributed by atoms with Crippen LogP contribution in [0.2, 0.25) is 18.6 Å². The van der Waals surface area contributed by atoms with Gasteiger partial charge in [-0.25, -0.2) is 0 Å². The second-order valence-electron chi connectivity index (χ2n) is 9.65. The summed E-state index contributed by atoms with van der Waals surface area (Å²) in [5, 5.41) is 9.53. The lowest BCUT2D eigenvalue weighted by Gasteiger charge is -2.31. The highest BCUT2D eigenvalue weighted by molar-refractivity contribution is 14.1. The molecule has 0 saturated carbocycles. The Balaban J connectivity index is 1.69. The molecular formula is C26H36INO4Si. The summed E-state index contributed by atoms with van der Waals surface area (Å²) in [7, 11) is -2.55. The average Bonchev–Trinajstić information content (AvgIpc) is 3.08. The van der Waals surface area contributed by atoms with Gasteiger partial charge in [-0.15, -0.1) is 0 Å². The third-order valence-corrected chi connectivity index (χ3v) is 9.91. The molecule has 0 spiro atoms. The predicted molar refractivity (Wildman–Crippen MR) is 142 cm³/mol. The van der Waals surface area contributed by atoms with E-state index in [0.717, 1.165) is 18.4 Å². The lowest BCUT2D eigenvalue weighted by Crippen LogP contribution is -2.42. The molecule has 0 unspecified atom stereocenters. The number of carbonyl (C=O) groups is 1. The van der Waals surface area contributed by atoms with Crippen LogP contribution in [0.1, 0.15) is 30.9 Å². The Morgan fingerprint density at radius 2 is 1.73 bits per heavy atom. The monoisotopic (exact) mass is 581 g/mol. The summed E-state index contributed by atoms with van der Waals surface area (Å²) in [4.78, 5) is 26.0. The van der Waals surface area contributed by atoms with Crippen molar-refractivity contribution in [1.82, 2.24) is 4.90 Å². The zero-order valence-corrected chi connectivity index (χ0v) is 22.9. The first-order chi connectivity index (χ1) is 15.7. The van der Waals surface area contributed by atoms with E-state index >= 15 is 0 Å². The Morgan fingerprint density at radius 3 is 2.33 bits per heavy atom. The largest absolute Gasteiger partial charge is 0.432 e. The maximum atomic E-state index is 13.3. The SMILES string of the molecule is C[C@H]1[C@H]([Si](C)(C)O)[C@@H](CC(=O)N(CCO)Cc2ccccc2)O[C@H]1CCc1ccc(I)cc1. The van der Waals surface area contributed by atoms with Crippen LogP contribution in [0.4, 0.5) is 0 Å². The van der Waals surface area contributed by atoms with Gasteiger partial charge in [-0.2, -0.15) is 0 Å². The molecule has 0 aromatic heterocycles. The molecule has 2 aromatic rings. The van der Waals surface area contributed by atoms with Gasteiger partial charge in [-0.3, -0.25) is 4.79 Å². The average molecular weight is 582 g/mol. The van der Waals surface area contributed by atoms with Crippen LogP contribution in [0.3, 0.4) is 0 Å². The smallest absolute Gasteiger partial charge is 0.225 e. The van der Waals surface area contributed by atoms with Crippen LogP contribution in [-0.4, -0.2) is 54.4 Å². The molecule has 1 amide bonds. The number of aliphatic hydroxyl groups is 1. The first-order valence-corrected chi connectivity index (χ1v) is 15.8. The van der Waals surface area contributed by atoms with Crippen molar-refractivity contribution in [3.8, 4) is 0 Å². The van der Waals surface area contributed by atoms with Crippen LogP contribution in [0.25, 0.3) is 0 Å². The molecule has 0 radical (unpaired) electrons. The summed E-state index contributed by atoms with van der Waals surface area (Å²) in [5.74, 6) is 0.158. The first-order valence-electron chi connectivity index (χ1n) is 11.7. The summed E-state index contributed by atoms with van der Waals surface area (Å²) < 4.78 is 7.69. The Hall–Kier alpha value is -1.26. The number of aliphatic hydroxyl groups excluding tert-OH is 1. The van der Waals surface area contributed by atoms with Crippen molar-refractivity contribution < 1.29 is 19.4 Å². The third-order valence-electron chi connectivity index (χ3n) is 6.66. The van der Waals surface area contributed by atoms with Gasteiger partial charge >= 0.3 is 0 Å². The molecule has 1 fully saturated rings. The number of ether oxygens (including phenoxy) is 1. The second-order valence-corrected chi connectivity index (χ2v) is 14.9. The van der Waals surface area contributed by atoms with Crippen LogP contribution in [0.5, 0.6) is 0 Å². The molecule has 1 heterocycles. The van der Waals surface area contributed by atoms with Crippen LogP contribution < -0.4 is 0 Å². The molecule has 33 heavy (non-hydrogen) atoms. The van der Waals surface area contributed by atoms with Crippen molar-refractivity contribution >= 4 is 36.8 Å². The topological polar surface area (TPSA) is 70.0 Å².